The summed E-state index contributed by atoms with van der Waals surface area (Å²) in [5, 5.41) is 8.37. The number of aliphatic hydroxyl groups is 1. The second kappa shape index (κ2) is 25.5. The predicted octanol–water partition coefficient (Wildman–Crippen LogP) is 8.40. The Balaban J connectivity index is -0.000000115. The topological polar surface area (TPSA) is 47.9 Å². The molecule has 0 aromatic carbocycles. The summed E-state index contributed by atoms with van der Waals surface area (Å²) in [6, 6.07) is 0. The molecule has 0 saturated heterocycles. The Morgan fingerprint density at radius 3 is 1.06 bits per heavy atom. The van der Waals surface area contributed by atoms with Gasteiger partial charge in [-0.15, -0.1) is 0 Å². The van der Waals surface area contributed by atoms with Gasteiger partial charge in [-0.2, -0.15) is 0 Å². The molecule has 32 heavy (non-hydrogen) atoms. The van der Waals surface area contributed by atoms with E-state index in [1.54, 1.807) is 0 Å². The molecule has 0 unspecified atom stereocenters. The smallest absolute Gasteiger partial charge is 0.0700 e. The minimum absolute atomic E-state index is 0. The van der Waals surface area contributed by atoms with Crippen molar-refractivity contribution in [1.29, 1.82) is 0 Å². The van der Waals surface area contributed by atoms with Crippen molar-refractivity contribution in [3.63, 3.8) is 0 Å². The molecular weight excluding hydrogens is 400 g/mol. The third-order valence-corrected chi connectivity index (χ3v) is 3.95. The van der Waals surface area contributed by atoms with Crippen LogP contribution in [0, 0.1) is 16.2 Å². The van der Waals surface area contributed by atoms with E-state index in [2.05, 4.69) is 76.2 Å². The molecule has 4 nitrogen and oxygen atoms in total. The van der Waals surface area contributed by atoms with E-state index in [1.165, 1.54) is 12.8 Å². The Labute approximate surface area is 205 Å². The fraction of sp³-hybridized carbons (Fsp3) is 1.00. The maximum Gasteiger partial charge on any atom is 0.0700 e. The molecule has 0 spiro atoms. The summed E-state index contributed by atoms with van der Waals surface area (Å²) < 4.78 is 15.8. The summed E-state index contributed by atoms with van der Waals surface area (Å²) in [6.07, 6.45) is 5.90. The van der Waals surface area contributed by atoms with Crippen molar-refractivity contribution in [2.75, 3.05) is 46.2 Å². The minimum atomic E-state index is 0. The minimum Gasteiger partial charge on any atom is -0.394 e. The molecule has 0 aliphatic heterocycles. The summed E-state index contributed by atoms with van der Waals surface area (Å²) in [5.74, 6) is 0. The van der Waals surface area contributed by atoms with Gasteiger partial charge >= 0.3 is 0 Å². The van der Waals surface area contributed by atoms with Crippen molar-refractivity contribution in [3.8, 4) is 0 Å². The normalized spacial score (nSPS) is 11.2. The first-order valence-corrected chi connectivity index (χ1v) is 12.0. The number of hydrogen-bond acceptors (Lipinski definition) is 4. The predicted molar refractivity (Wildman–Crippen MR) is 146 cm³/mol. The van der Waals surface area contributed by atoms with Gasteiger partial charge in [0.2, 0.25) is 0 Å². The number of ether oxygens (including phenoxy) is 3. The molecule has 202 valence electrons. The van der Waals surface area contributed by atoms with E-state index in [4.69, 9.17) is 19.3 Å². The molecule has 0 rings (SSSR count). The van der Waals surface area contributed by atoms with Gasteiger partial charge in [-0.05, 0) is 41.9 Å². The quantitative estimate of drug-likeness (QED) is 0.293. The van der Waals surface area contributed by atoms with Gasteiger partial charge in [-0.3, -0.25) is 0 Å². The van der Waals surface area contributed by atoms with E-state index in [9.17, 15) is 0 Å². The molecule has 1 N–H and O–H groups in total. The molecular formula is C28H66O4. The number of rotatable bonds is 12. The molecule has 0 radical (unpaired) electrons. The van der Waals surface area contributed by atoms with Crippen LogP contribution >= 0.6 is 0 Å². The van der Waals surface area contributed by atoms with Crippen LogP contribution in [0.1, 0.15) is 123 Å². The van der Waals surface area contributed by atoms with Gasteiger partial charge in [0.05, 0.1) is 26.4 Å². The zero-order valence-electron chi connectivity index (χ0n) is 22.7. The molecule has 0 saturated carbocycles. The highest BCUT2D eigenvalue weighted by Crippen LogP contribution is 2.19. The van der Waals surface area contributed by atoms with Crippen LogP contribution in [0.2, 0.25) is 0 Å². The Bertz CT molecular complexity index is 322. The Morgan fingerprint density at radius 1 is 0.469 bits per heavy atom. The lowest BCUT2D eigenvalue weighted by Crippen LogP contribution is -2.12. The van der Waals surface area contributed by atoms with Crippen molar-refractivity contribution in [2.45, 2.75) is 123 Å². The van der Waals surface area contributed by atoms with Crippen molar-refractivity contribution >= 4 is 0 Å². The highest BCUT2D eigenvalue weighted by atomic mass is 16.5. The molecule has 0 heterocycles. The first kappa shape index (κ1) is 42.0. The fourth-order valence-electron chi connectivity index (χ4n) is 2.14. The van der Waals surface area contributed by atoms with Crippen LogP contribution in [0.15, 0.2) is 0 Å². The molecule has 0 aromatic heterocycles. The van der Waals surface area contributed by atoms with Gasteiger partial charge in [-0.1, -0.05) is 97.4 Å². The van der Waals surface area contributed by atoms with E-state index in [0.717, 1.165) is 52.3 Å². The summed E-state index contributed by atoms with van der Waals surface area (Å²) in [5.41, 5.74) is 1.27. The summed E-state index contributed by atoms with van der Waals surface area (Å²) in [7, 11) is 0. The highest BCUT2D eigenvalue weighted by Gasteiger charge is 2.09. The van der Waals surface area contributed by atoms with Gasteiger partial charge in [0.25, 0.3) is 0 Å². The van der Waals surface area contributed by atoms with E-state index in [-0.39, 0.29) is 21.5 Å². The zero-order valence-corrected chi connectivity index (χ0v) is 22.7. The lowest BCUT2D eigenvalue weighted by atomic mass is 9.91. The largest absolute Gasteiger partial charge is 0.394 e. The third kappa shape index (κ3) is 57.1. The number of aliphatic hydroxyl groups excluding tert-OH is 1. The van der Waals surface area contributed by atoms with Gasteiger partial charge < -0.3 is 19.3 Å². The molecule has 0 atom stereocenters. The second-order valence-corrected chi connectivity index (χ2v) is 11.5. The monoisotopic (exact) mass is 466 g/mol. The first-order valence-electron chi connectivity index (χ1n) is 12.0. The SMILES string of the molecule is C.C.CC(C)(C)CCOCCO.CCCC(C)(C)C.CCCOCCOCCC(C)(C)C. The van der Waals surface area contributed by atoms with E-state index < -0.39 is 0 Å². The Morgan fingerprint density at radius 2 is 0.812 bits per heavy atom. The van der Waals surface area contributed by atoms with Crippen molar-refractivity contribution in [1.82, 2.24) is 0 Å². The first-order chi connectivity index (χ1) is 13.7. The molecule has 0 aromatic rings. The van der Waals surface area contributed by atoms with Crippen LogP contribution in [0.3, 0.4) is 0 Å². The maximum absolute atomic E-state index is 8.37. The van der Waals surface area contributed by atoms with Crippen LogP contribution in [-0.4, -0.2) is 51.4 Å². The fourth-order valence-corrected chi connectivity index (χ4v) is 2.14. The average molecular weight is 467 g/mol. The van der Waals surface area contributed by atoms with E-state index >= 15 is 0 Å². The average Bonchev–Trinajstić information content (AvgIpc) is 2.56. The Kier molecular flexibility index (Phi) is 33.4. The summed E-state index contributed by atoms with van der Waals surface area (Å²) in [6.45, 7) is 28.9. The van der Waals surface area contributed by atoms with E-state index in [1.807, 2.05) is 0 Å². The van der Waals surface area contributed by atoms with Gasteiger partial charge in [-0.25, -0.2) is 0 Å². The van der Waals surface area contributed by atoms with Gasteiger partial charge in [0.15, 0.2) is 0 Å². The Hall–Kier alpha value is -0.160. The summed E-state index contributed by atoms with van der Waals surface area (Å²) >= 11 is 0. The lowest BCUT2D eigenvalue weighted by molar-refractivity contribution is 0.0390. The lowest BCUT2D eigenvalue weighted by Gasteiger charge is -2.17. The van der Waals surface area contributed by atoms with Crippen molar-refractivity contribution in [3.05, 3.63) is 0 Å². The van der Waals surface area contributed by atoms with E-state index in [0.29, 0.717) is 22.9 Å². The van der Waals surface area contributed by atoms with Crippen molar-refractivity contribution in [2.24, 2.45) is 16.2 Å². The van der Waals surface area contributed by atoms with Gasteiger partial charge in [0.1, 0.15) is 0 Å². The molecule has 0 fully saturated rings. The standard InChI is InChI=1S/C11H24O2.C8H18O2.C7H16.2CH4/c1-5-7-12-9-10-13-8-6-11(2,3)4;1-8(2,3)4-6-10-7-5-9;1-5-6-7(2,3)4;;/h5-10H2,1-4H3;9H,4-7H2,1-3H3;5-6H2,1-4H3;2*1H4. The van der Waals surface area contributed by atoms with Crippen LogP contribution in [0.4, 0.5) is 0 Å². The van der Waals surface area contributed by atoms with Gasteiger partial charge in [0, 0.05) is 19.8 Å². The highest BCUT2D eigenvalue weighted by molar-refractivity contribution is 4.60. The zero-order chi connectivity index (χ0) is 24.1. The van der Waals surface area contributed by atoms with Crippen LogP contribution in [0.5, 0.6) is 0 Å². The molecule has 0 aliphatic rings. The molecule has 0 amide bonds. The number of hydrogen-bond donors (Lipinski definition) is 1. The second-order valence-electron chi connectivity index (χ2n) is 11.5. The van der Waals surface area contributed by atoms with Crippen LogP contribution in [0.25, 0.3) is 0 Å². The molecule has 0 bridgehead atoms. The molecule has 4 heteroatoms. The summed E-state index contributed by atoms with van der Waals surface area (Å²) in [4.78, 5) is 0. The molecule has 0 aliphatic carbocycles. The van der Waals surface area contributed by atoms with Crippen molar-refractivity contribution < 1.29 is 19.3 Å². The van der Waals surface area contributed by atoms with Crippen LogP contribution in [-0.2, 0) is 14.2 Å². The maximum atomic E-state index is 8.37. The third-order valence-electron chi connectivity index (χ3n) is 3.95. The van der Waals surface area contributed by atoms with Crippen LogP contribution < -0.4 is 0 Å².